The Kier molecular flexibility index (Phi) is 4.31. The highest BCUT2D eigenvalue weighted by Crippen LogP contribution is 2.31. The van der Waals surface area contributed by atoms with Crippen LogP contribution in [0.3, 0.4) is 0 Å². The minimum absolute atomic E-state index is 0.248. The first kappa shape index (κ1) is 14.9. The molecule has 0 amide bonds. The van der Waals surface area contributed by atoms with Gasteiger partial charge in [-0.2, -0.15) is 4.98 Å². The molecule has 6 nitrogen and oxygen atoms in total. The molecular weight excluding hydrogens is 302 g/mol. The van der Waals surface area contributed by atoms with Gasteiger partial charge in [-0.05, 0) is 31.3 Å². The number of likely N-dealkylation sites (N-methyl/N-ethyl adjacent to an activating group) is 1. The van der Waals surface area contributed by atoms with Crippen molar-refractivity contribution in [3.8, 4) is 11.5 Å². The Morgan fingerprint density at radius 1 is 1.14 bits per heavy atom. The maximum absolute atomic E-state index is 5.91. The third kappa shape index (κ3) is 3.40. The molecule has 7 heteroatoms. The molecule has 1 aliphatic rings. The van der Waals surface area contributed by atoms with Crippen LogP contribution in [-0.2, 0) is 0 Å². The maximum Gasteiger partial charge on any atom is 0.222 e. The Balaban J connectivity index is 1.85. The summed E-state index contributed by atoms with van der Waals surface area (Å²) in [5, 5.41) is 0.667. The predicted octanol–water partition coefficient (Wildman–Crippen LogP) is 2.26. The largest absolute Gasteiger partial charge is 0.452 e. The lowest BCUT2D eigenvalue weighted by atomic mass is 10.3. The molecule has 1 fully saturated rings. The summed E-state index contributed by atoms with van der Waals surface area (Å²) in [6, 6.07) is 7.19. The average Bonchev–Trinajstić information content (AvgIpc) is 2.52. The molecule has 2 N–H and O–H groups in total. The second-order valence-corrected chi connectivity index (χ2v) is 5.70. The summed E-state index contributed by atoms with van der Waals surface area (Å²) in [4.78, 5) is 12.8. The number of piperazine rings is 1. The van der Waals surface area contributed by atoms with E-state index in [0.717, 1.165) is 32.0 Å². The first-order valence-electron chi connectivity index (χ1n) is 7.11. The highest BCUT2D eigenvalue weighted by atomic mass is 35.5. The predicted molar refractivity (Wildman–Crippen MR) is 87.7 cm³/mol. The van der Waals surface area contributed by atoms with Crippen molar-refractivity contribution in [2.45, 2.75) is 0 Å². The highest BCUT2D eigenvalue weighted by Gasteiger charge is 2.20. The van der Waals surface area contributed by atoms with Crippen LogP contribution in [0.1, 0.15) is 0 Å². The van der Waals surface area contributed by atoms with E-state index in [2.05, 4.69) is 26.8 Å². The minimum atomic E-state index is 0.248. The van der Waals surface area contributed by atoms with Gasteiger partial charge in [0.1, 0.15) is 5.75 Å². The minimum Gasteiger partial charge on any atom is -0.452 e. The molecule has 1 aromatic heterocycles. The Morgan fingerprint density at radius 3 is 2.50 bits per heavy atom. The summed E-state index contributed by atoms with van der Waals surface area (Å²) < 4.78 is 5.91. The molecule has 3 rings (SSSR count). The van der Waals surface area contributed by atoms with Gasteiger partial charge in [-0.15, -0.1) is 0 Å². The summed E-state index contributed by atoms with van der Waals surface area (Å²) in [7, 11) is 2.11. The SMILES string of the molecule is CN1CCN(c2nc(N)ncc2Oc2ccc(Cl)cc2)CC1. The number of anilines is 2. The van der Waals surface area contributed by atoms with E-state index < -0.39 is 0 Å². The lowest BCUT2D eigenvalue weighted by Crippen LogP contribution is -2.45. The summed E-state index contributed by atoms with van der Waals surface area (Å²) in [6.07, 6.45) is 1.62. The van der Waals surface area contributed by atoms with Gasteiger partial charge in [-0.25, -0.2) is 4.98 Å². The molecule has 0 bridgehead atoms. The zero-order valence-electron chi connectivity index (χ0n) is 12.4. The van der Waals surface area contributed by atoms with E-state index in [1.165, 1.54) is 0 Å². The van der Waals surface area contributed by atoms with Crippen molar-refractivity contribution in [3.63, 3.8) is 0 Å². The number of aromatic nitrogens is 2. The summed E-state index contributed by atoms with van der Waals surface area (Å²) in [6.45, 7) is 3.71. The number of nitrogens with two attached hydrogens (primary N) is 1. The fourth-order valence-corrected chi connectivity index (χ4v) is 2.45. The summed E-state index contributed by atoms with van der Waals surface area (Å²) >= 11 is 5.89. The Morgan fingerprint density at radius 2 is 1.82 bits per heavy atom. The van der Waals surface area contributed by atoms with Crippen LogP contribution in [0.25, 0.3) is 0 Å². The van der Waals surface area contributed by atoms with Crippen molar-refractivity contribution in [2.24, 2.45) is 0 Å². The van der Waals surface area contributed by atoms with E-state index in [1.807, 2.05) is 12.1 Å². The molecule has 1 aromatic carbocycles. The van der Waals surface area contributed by atoms with Gasteiger partial charge in [-0.1, -0.05) is 11.6 Å². The van der Waals surface area contributed by atoms with Crippen molar-refractivity contribution in [1.29, 1.82) is 0 Å². The van der Waals surface area contributed by atoms with Crippen LogP contribution in [0.5, 0.6) is 11.5 Å². The van der Waals surface area contributed by atoms with Gasteiger partial charge in [0.15, 0.2) is 11.6 Å². The number of nitrogen functional groups attached to an aromatic ring is 1. The zero-order chi connectivity index (χ0) is 15.5. The van der Waals surface area contributed by atoms with Crippen molar-refractivity contribution >= 4 is 23.4 Å². The van der Waals surface area contributed by atoms with E-state index in [9.17, 15) is 0 Å². The zero-order valence-corrected chi connectivity index (χ0v) is 13.1. The molecule has 1 saturated heterocycles. The Hall–Kier alpha value is -2.05. The van der Waals surface area contributed by atoms with Gasteiger partial charge < -0.3 is 20.3 Å². The Bertz CT molecular complexity index is 641. The van der Waals surface area contributed by atoms with E-state index in [0.29, 0.717) is 16.5 Å². The fraction of sp³-hybridized carbons (Fsp3) is 0.333. The van der Waals surface area contributed by atoms with Crippen molar-refractivity contribution < 1.29 is 4.74 Å². The number of benzene rings is 1. The molecule has 1 aliphatic heterocycles. The highest BCUT2D eigenvalue weighted by molar-refractivity contribution is 6.30. The van der Waals surface area contributed by atoms with Crippen LogP contribution in [-0.4, -0.2) is 48.1 Å². The fourth-order valence-electron chi connectivity index (χ4n) is 2.32. The normalized spacial score (nSPS) is 15.8. The van der Waals surface area contributed by atoms with Crippen molar-refractivity contribution in [1.82, 2.24) is 14.9 Å². The van der Waals surface area contributed by atoms with Gasteiger partial charge in [0.2, 0.25) is 5.95 Å². The molecule has 2 aromatic rings. The molecule has 0 aliphatic carbocycles. The van der Waals surface area contributed by atoms with Gasteiger partial charge in [-0.3, -0.25) is 0 Å². The number of hydrogen-bond acceptors (Lipinski definition) is 6. The number of hydrogen-bond donors (Lipinski definition) is 1. The van der Waals surface area contributed by atoms with Gasteiger partial charge in [0.25, 0.3) is 0 Å². The number of ether oxygens (including phenoxy) is 1. The topological polar surface area (TPSA) is 67.5 Å². The van der Waals surface area contributed by atoms with E-state index in [1.54, 1.807) is 18.3 Å². The van der Waals surface area contributed by atoms with Gasteiger partial charge >= 0.3 is 0 Å². The van der Waals surface area contributed by atoms with Crippen LogP contribution < -0.4 is 15.4 Å². The molecule has 2 heterocycles. The maximum atomic E-state index is 5.91. The van der Waals surface area contributed by atoms with Crippen LogP contribution in [0, 0.1) is 0 Å². The van der Waals surface area contributed by atoms with E-state index >= 15 is 0 Å². The molecule has 0 spiro atoms. The summed E-state index contributed by atoms with van der Waals surface area (Å²) in [5.74, 6) is 2.27. The first-order chi connectivity index (χ1) is 10.6. The molecular formula is C15H18ClN5O. The summed E-state index contributed by atoms with van der Waals surface area (Å²) in [5.41, 5.74) is 5.74. The van der Waals surface area contributed by atoms with Crippen LogP contribution in [0.2, 0.25) is 5.02 Å². The number of nitrogens with zero attached hydrogens (tertiary/aromatic N) is 4. The second-order valence-electron chi connectivity index (χ2n) is 5.26. The van der Waals surface area contributed by atoms with Crippen LogP contribution in [0.4, 0.5) is 11.8 Å². The number of halogens is 1. The molecule has 116 valence electrons. The van der Waals surface area contributed by atoms with E-state index in [-0.39, 0.29) is 5.95 Å². The number of rotatable bonds is 3. The monoisotopic (exact) mass is 319 g/mol. The average molecular weight is 320 g/mol. The third-order valence-electron chi connectivity index (χ3n) is 3.60. The lowest BCUT2D eigenvalue weighted by molar-refractivity contribution is 0.310. The quantitative estimate of drug-likeness (QED) is 0.936. The molecule has 0 atom stereocenters. The molecule has 22 heavy (non-hydrogen) atoms. The smallest absolute Gasteiger partial charge is 0.222 e. The van der Waals surface area contributed by atoms with Crippen molar-refractivity contribution in [3.05, 3.63) is 35.5 Å². The van der Waals surface area contributed by atoms with E-state index in [4.69, 9.17) is 22.1 Å². The third-order valence-corrected chi connectivity index (χ3v) is 3.85. The van der Waals surface area contributed by atoms with Gasteiger partial charge in [0, 0.05) is 31.2 Å². The van der Waals surface area contributed by atoms with Gasteiger partial charge in [0.05, 0.1) is 6.20 Å². The lowest BCUT2D eigenvalue weighted by Gasteiger charge is -2.33. The van der Waals surface area contributed by atoms with Crippen LogP contribution >= 0.6 is 11.6 Å². The molecule has 0 saturated carbocycles. The van der Waals surface area contributed by atoms with Crippen molar-refractivity contribution in [2.75, 3.05) is 43.9 Å². The molecule has 0 radical (unpaired) electrons. The standard InChI is InChI=1S/C15H18ClN5O/c1-20-6-8-21(9-7-20)14-13(10-18-15(17)19-14)22-12-4-2-11(16)3-5-12/h2-5,10H,6-9H2,1H3,(H2,17,18,19). The Labute approximate surface area is 134 Å². The first-order valence-corrected chi connectivity index (χ1v) is 7.49. The second kappa shape index (κ2) is 6.37. The van der Waals surface area contributed by atoms with Crippen LogP contribution in [0.15, 0.2) is 30.5 Å². The molecule has 0 unspecified atom stereocenters.